The smallest absolute Gasteiger partial charge is 0.378 e. The largest absolute Gasteiger partial charge is 0.475 e. The van der Waals surface area contributed by atoms with E-state index in [1.54, 1.807) is 6.07 Å². The van der Waals surface area contributed by atoms with Gasteiger partial charge in [-0.05, 0) is 12.1 Å². The predicted molar refractivity (Wildman–Crippen MR) is 43.9 cm³/mol. The van der Waals surface area contributed by atoms with Crippen molar-refractivity contribution in [1.82, 2.24) is 4.98 Å². The number of Topliss-reactive ketones (excluding diaryl/α,β-unsaturated/α-hetero) is 1. The van der Waals surface area contributed by atoms with E-state index in [1.807, 2.05) is 0 Å². The molecule has 0 bridgehead atoms. The molecule has 0 saturated heterocycles. The molecule has 0 spiro atoms. The summed E-state index contributed by atoms with van der Waals surface area (Å²) in [7, 11) is 0. The zero-order chi connectivity index (χ0) is 9.14. The van der Waals surface area contributed by atoms with Gasteiger partial charge in [0.25, 0.3) is 5.78 Å². The molecule has 4 nitrogen and oxygen atoms in total. The summed E-state index contributed by atoms with van der Waals surface area (Å²) in [5, 5.41) is 8.32. The van der Waals surface area contributed by atoms with Crippen molar-refractivity contribution in [2.45, 2.75) is 0 Å². The number of ketones is 1. The van der Waals surface area contributed by atoms with Gasteiger partial charge in [0.15, 0.2) is 0 Å². The van der Waals surface area contributed by atoms with E-state index < -0.39 is 11.8 Å². The van der Waals surface area contributed by atoms with Crippen molar-refractivity contribution >= 4 is 27.7 Å². The van der Waals surface area contributed by atoms with Gasteiger partial charge in [-0.1, -0.05) is 15.9 Å². The SMILES string of the molecule is O=C(O)C(=O)c1cc(Br)ccn1. The van der Waals surface area contributed by atoms with Crippen molar-refractivity contribution in [1.29, 1.82) is 0 Å². The third-order valence-electron chi connectivity index (χ3n) is 1.15. The van der Waals surface area contributed by atoms with Crippen LogP contribution in [0.15, 0.2) is 22.8 Å². The summed E-state index contributed by atoms with van der Waals surface area (Å²) >= 11 is 3.09. The first-order chi connectivity index (χ1) is 5.61. The molecule has 0 amide bonds. The highest BCUT2D eigenvalue weighted by Gasteiger charge is 2.15. The molecule has 62 valence electrons. The quantitative estimate of drug-likeness (QED) is 0.610. The summed E-state index contributed by atoms with van der Waals surface area (Å²) in [6.07, 6.45) is 1.36. The first kappa shape index (κ1) is 8.86. The second-order valence-corrected chi connectivity index (χ2v) is 2.91. The van der Waals surface area contributed by atoms with Gasteiger partial charge in [0.2, 0.25) is 0 Å². The van der Waals surface area contributed by atoms with Gasteiger partial charge >= 0.3 is 5.97 Å². The summed E-state index contributed by atoms with van der Waals surface area (Å²) < 4.78 is 0.627. The summed E-state index contributed by atoms with van der Waals surface area (Å²) in [5.74, 6) is -2.50. The lowest BCUT2D eigenvalue weighted by molar-refractivity contribution is -0.131. The Kier molecular flexibility index (Phi) is 2.54. The van der Waals surface area contributed by atoms with E-state index in [-0.39, 0.29) is 5.69 Å². The molecule has 0 fully saturated rings. The van der Waals surface area contributed by atoms with Gasteiger partial charge in [-0.2, -0.15) is 0 Å². The molecular weight excluding hydrogens is 226 g/mol. The number of nitrogens with zero attached hydrogens (tertiary/aromatic N) is 1. The van der Waals surface area contributed by atoms with Crippen molar-refractivity contribution in [3.63, 3.8) is 0 Å². The van der Waals surface area contributed by atoms with Gasteiger partial charge < -0.3 is 5.11 Å². The molecule has 1 heterocycles. The average Bonchev–Trinajstić information content (AvgIpc) is 2.03. The minimum atomic E-state index is -1.50. The Labute approximate surface area is 76.4 Å². The van der Waals surface area contributed by atoms with Crippen LogP contribution in [0.1, 0.15) is 10.5 Å². The maximum atomic E-state index is 10.8. The lowest BCUT2D eigenvalue weighted by atomic mass is 10.2. The highest BCUT2D eigenvalue weighted by Crippen LogP contribution is 2.09. The molecule has 0 saturated carbocycles. The standard InChI is InChI=1S/C7H4BrNO3/c8-4-1-2-9-5(3-4)6(10)7(11)12/h1-3H,(H,11,12). The van der Waals surface area contributed by atoms with Crippen LogP contribution in [0.5, 0.6) is 0 Å². The lowest BCUT2D eigenvalue weighted by Gasteiger charge is -1.94. The van der Waals surface area contributed by atoms with Gasteiger partial charge in [-0.15, -0.1) is 0 Å². The topological polar surface area (TPSA) is 67.3 Å². The monoisotopic (exact) mass is 229 g/mol. The van der Waals surface area contributed by atoms with Gasteiger partial charge in [0.1, 0.15) is 5.69 Å². The molecule has 0 unspecified atom stereocenters. The number of rotatable bonds is 2. The highest BCUT2D eigenvalue weighted by atomic mass is 79.9. The number of hydrogen-bond donors (Lipinski definition) is 1. The van der Waals surface area contributed by atoms with Crippen LogP contribution in [0.4, 0.5) is 0 Å². The predicted octanol–water partition coefficient (Wildman–Crippen LogP) is 1.11. The third kappa shape index (κ3) is 1.88. The van der Waals surface area contributed by atoms with Crippen LogP contribution < -0.4 is 0 Å². The fraction of sp³-hybridized carbons (Fsp3) is 0. The van der Waals surface area contributed by atoms with Crippen LogP contribution in [0.25, 0.3) is 0 Å². The molecule has 5 heteroatoms. The number of carbonyl (C=O) groups excluding carboxylic acids is 1. The Hall–Kier alpha value is -1.23. The zero-order valence-corrected chi connectivity index (χ0v) is 7.41. The molecule has 0 aliphatic heterocycles. The summed E-state index contributed by atoms with van der Waals surface area (Å²) in [6, 6.07) is 2.97. The Bertz CT molecular complexity index is 337. The summed E-state index contributed by atoms with van der Waals surface area (Å²) in [5.41, 5.74) is -0.0723. The molecule has 0 aromatic carbocycles. The van der Waals surface area contributed by atoms with E-state index >= 15 is 0 Å². The second-order valence-electron chi connectivity index (χ2n) is 1.99. The van der Waals surface area contributed by atoms with Crippen molar-refractivity contribution in [3.05, 3.63) is 28.5 Å². The maximum Gasteiger partial charge on any atom is 0.378 e. The molecule has 0 radical (unpaired) electrons. The van der Waals surface area contributed by atoms with Crippen molar-refractivity contribution < 1.29 is 14.7 Å². The van der Waals surface area contributed by atoms with Gasteiger partial charge in [-0.25, -0.2) is 4.79 Å². The van der Waals surface area contributed by atoms with Crippen molar-refractivity contribution in [2.24, 2.45) is 0 Å². The van der Waals surface area contributed by atoms with Crippen LogP contribution in [-0.4, -0.2) is 21.8 Å². The van der Waals surface area contributed by atoms with E-state index in [4.69, 9.17) is 5.11 Å². The van der Waals surface area contributed by atoms with Crippen LogP contribution in [-0.2, 0) is 4.79 Å². The lowest BCUT2D eigenvalue weighted by Crippen LogP contribution is -2.13. The first-order valence-corrected chi connectivity index (χ1v) is 3.80. The van der Waals surface area contributed by atoms with Gasteiger partial charge in [0, 0.05) is 10.7 Å². The Balaban J connectivity index is 3.04. The second kappa shape index (κ2) is 3.44. The molecule has 1 N–H and O–H groups in total. The normalized spacial score (nSPS) is 9.42. The molecular formula is C7H4BrNO3. The number of pyridine rings is 1. The van der Waals surface area contributed by atoms with Crippen LogP contribution in [0.3, 0.4) is 0 Å². The minimum Gasteiger partial charge on any atom is -0.475 e. The van der Waals surface area contributed by atoms with E-state index in [1.165, 1.54) is 12.3 Å². The number of halogens is 1. The van der Waals surface area contributed by atoms with Gasteiger partial charge in [-0.3, -0.25) is 9.78 Å². The molecule has 0 atom stereocenters. The van der Waals surface area contributed by atoms with E-state index in [2.05, 4.69) is 20.9 Å². The number of aromatic nitrogens is 1. The fourth-order valence-electron chi connectivity index (χ4n) is 0.638. The van der Waals surface area contributed by atoms with Crippen molar-refractivity contribution in [2.75, 3.05) is 0 Å². The fourth-order valence-corrected chi connectivity index (χ4v) is 0.974. The number of carbonyl (C=O) groups is 2. The maximum absolute atomic E-state index is 10.8. The number of hydrogen-bond acceptors (Lipinski definition) is 3. The number of carboxylic acids is 1. The number of aliphatic carboxylic acids is 1. The van der Waals surface area contributed by atoms with Crippen molar-refractivity contribution in [3.8, 4) is 0 Å². The Morgan fingerprint density at radius 1 is 1.50 bits per heavy atom. The molecule has 12 heavy (non-hydrogen) atoms. The summed E-state index contributed by atoms with van der Waals surface area (Å²) in [6.45, 7) is 0. The summed E-state index contributed by atoms with van der Waals surface area (Å²) in [4.78, 5) is 24.6. The number of carboxylic acid groups (broad SMARTS) is 1. The van der Waals surface area contributed by atoms with Gasteiger partial charge in [0.05, 0.1) is 0 Å². The minimum absolute atomic E-state index is 0.0723. The Morgan fingerprint density at radius 3 is 2.67 bits per heavy atom. The van der Waals surface area contributed by atoms with Crippen LogP contribution in [0.2, 0.25) is 0 Å². The molecule has 1 aromatic rings. The van der Waals surface area contributed by atoms with E-state index in [9.17, 15) is 9.59 Å². The van der Waals surface area contributed by atoms with E-state index in [0.717, 1.165) is 0 Å². The molecule has 1 aromatic heterocycles. The van der Waals surface area contributed by atoms with Crippen LogP contribution in [0, 0.1) is 0 Å². The molecule has 0 aliphatic carbocycles. The third-order valence-corrected chi connectivity index (χ3v) is 1.64. The Morgan fingerprint density at radius 2 is 2.17 bits per heavy atom. The zero-order valence-electron chi connectivity index (χ0n) is 5.82. The highest BCUT2D eigenvalue weighted by molar-refractivity contribution is 9.10. The first-order valence-electron chi connectivity index (χ1n) is 3.00. The van der Waals surface area contributed by atoms with Crippen LogP contribution >= 0.6 is 15.9 Å². The molecule has 1 rings (SSSR count). The molecule has 0 aliphatic rings. The van der Waals surface area contributed by atoms with E-state index in [0.29, 0.717) is 4.47 Å². The average molecular weight is 230 g/mol.